The lowest BCUT2D eigenvalue weighted by molar-refractivity contribution is -0.121. The van der Waals surface area contributed by atoms with Crippen LogP contribution in [-0.2, 0) is 14.2 Å². The van der Waals surface area contributed by atoms with Gasteiger partial charge in [0.15, 0.2) is 0 Å². The normalized spacial score (nSPS) is 19.8. The lowest BCUT2D eigenvalue weighted by Gasteiger charge is -2.47. The summed E-state index contributed by atoms with van der Waals surface area (Å²) in [6.45, 7) is 1.10. The highest BCUT2D eigenvalue weighted by Crippen LogP contribution is 2.64. The third-order valence-electron chi connectivity index (χ3n) is 7.08. The van der Waals surface area contributed by atoms with E-state index in [-0.39, 0.29) is 12.3 Å². The van der Waals surface area contributed by atoms with Gasteiger partial charge in [0, 0.05) is 36.3 Å². The fraction of sp³-hybridized carbons (Fsp3) is 0.172. The Hall–Kier alpha value is -3.89. The van der Waals surface area contributed by atoms with E-state index in [1.165, 1.54) is 4.90 Å². The first-order valence-corrected chi connectivity index (χ1v) is 13.9. The van der Waals surface area contributed by atoms with E-state index in [9.17, 15) is 9.59 Å². The van der Waals surface area contributed by atoms with Gasteiger partial charge in [0.2, 0.25) is 11.8 Å². The summed E-state index contributed by atoms with van der Waals surface area (Å²) in [4.78, 5) is 28.8. The number of rotatable bonds is 4. The Labute approximate surface area is 210 Å². The third-order valence-corrected chi connectivity index (χ3v) is 10.5. The van der Waals surface area contributed by atoms with Crippen molar-refractivity contribution in [2.75, 3.05) is 27.3 Å². The molecule has 1 atom stereocenters. The first-order valence-electron chi connectivity index (χ1n) is 12.2. The second-order valence-corrected chi connectivity index (χ2v) is 11.9. The van der Waals surface area contributed by atoms with Gasteiger partial charge in [0.05, 0.1) is 5.69 Å². The Kier molecular flexibility index (Phi) is 5.62. The molecule has 0 radical (unpaired) electrons. The van der Waals surface area contributed by atoms with Crippen molar-refractivity contribution in [1.82, 2.24) is 0 Å². The summed E-state index contributed by atoms with van der Waals surface area (Å²) in [5, 5.41) is 1.77. The second kappa shape index (κ2) is 8.96. The molecule has 0 N–H and O–H groups in total. The maximum Gasteiger partial charge on any atom is 0.275 e. The Bertz CT molecular complexity index is 1430. The minimum absolute atomic E-state index is 0.0913. The largest absolute Gasteiger partial charge is 0.306 e. The summed E-state index contributed by atoms with van der Waals surface area (Å²) in [5.41, 5.74) is 1.17. The molecule has 2 aliphatic rings. The van der Waals surface area contributed by atoms with E-state index in [0.717, 1.165) is 28.6 Å². The number of hydrogen-bond acceptors (Lipinski definition) is 3. The average Bonchev–Trinajstić information content (AvgIpc) is 3.23. The summed E-state index contributed by atoms with van der Waals surface area (Å²) < 4.78 is 19.1. The molecule has 0 saturated carbocycles. The smallest absolute Gasteiger partial charge is 0.275 e. The fourth-order valence-electron chi connectivity index (χ4n) is 5.45. The number of nitrogens with zero attached hydrogens (tertiary/aromatic N) is 3. The predicted molar refractivity (Wildman–Crippen MR) is 145 cm³/mol. The second-order valence-electron chi connectivity index (χ2n) is 9.15. The van der Waals surface area contributed by atoms with Crippen LogP contribution in [0.1, 0.15) is 12.8 Å². The molecule has 2 heterocycles. The molecule has 7 heteroatoms. The van der Waals surface area contributed by atoms with Gasteiger partial charge in [0.25, 0.3) is 7.44 Å². The molecular weight excluding hydrogens is 469 g/mol. The van der Waals surface area contributed by atoms with Crippen LogP contribution in [0.5, 0.6) is 0 Å². The Morgan fingerprint density at radius 1 is 0.667 bits per heavy atom. The summed E-state index contributed by atoms with van der Waals surface area (Å²) in [6.07, 6.45) is 0.696. The van der Waals surface area contributed by atoms with Crippen molar-refractivity contribution in [3.05, 3.63) is 103 Å². The molecule has 0 aromatic heterocycles. The zero-order valence-corrected chi connectivity index (χ0v) is 20.6. The molecule has 0 aliphatic carbocycles. The van der Waals surface area contributed by atoms with Gasteiger partial charge in [-0.25, -0.2) is 4.90 Å². The highest BCUT2D eigenvalue weighted by Gasteiger charge is 2.56. The Morgan fingerprint density at radius 2 is 1.22 bits per heavy atom. The molecular formula is C29H26N3O3P. The quantitative estimate of drug-likeness (QED) is 0.254. The lowest BCUT2D eigenvalue weighted by Crippen LogP contribution is -2.46. The van der Waals surface area contributed by atoms with Crippen molar-refractivity contribution in [2.24, 2.45) is 0 Å². The van der Waals surface area contributed by atoms with Crippen molar-refractivity contribution in [1.29, 1.82) is 0 Å². The number of anilines is 3. The van der Waals surface area contributed by atoms with Crippen LogP contribution in [0, 0.1) is 0 Å². The molecule has 1 unspecified atom stereocenters. The summed E-state index contributed by atoms with van der Waals surface area (Å²) >= 11 is 0. The molecule has 0 bridgehead atoms. The Morgan fingerprint density at radius 3 is 1.86 bits per heavy atom. The van der Waals surface area contributed by atoms with Gasteiger partial charge >= 0.3 is 0 Å². The molecule has 36 heavy (non-hydrogen) atoms. The van der Waals surface area contributed by atoms with Crippen molar-refractivity contribution >= 4 is 47.1 Å². The van der Waals surface area contributed by atoms with Crippen LogP contribution in [0.2, 0.25) is 0 Å². The van der Waals surface area contributed by atoms with Crippen LogP contribution in [0.4, 0.5) is 17.1 Å². The number of amides is 2. The van der Waals surface area contributed by atoms with Crippen LogP contribution in [0.25, 0.3) is 10.8 Å². The van der Waals surface area contributed by atoms with Gasteiger partial charge in [-0.3, -0.25) is 14.2 Å². The van der Waals surface area contributed by atoms with Crippen molar-refractivity contribution in [3.63, 3.8) is 0 Å². The first kappa shape index (κ1) is 22.6. The van der Waals surface area contributed by atoms with Crippen molar-refractivity contribution in [2.45, 2.75) is 18.5 Å². The van der Waals surface area contributed by atoms with E-state index in [1.807, 2.05) is 106 Å². The number of benzene rings is 4. The van der Waals surface area contributed by atoms with E-state index >= 15 is 4.57 Å². The van der Waals surface area contributed by atoms with Crippen LogP contribution < -0.4 is 14.2 Å². The summed E-state index contributed by atoms with van der Waals surface area (Å²) in [7, 11) is -3.58. The maximum absolute atomic E-state index is 15.3. The first-order chi connectivity index (χ1) is 17.6. The van der Waals surface area contributed by atoms with Gasteiger partial charge in [-0.15, -0.1) is 0 Å². The van der Waals surface area contributed by atoms with Crippen LogP contribution in [0.3, 0.4) is 0 Å². The number of hydrogen-bond donors (Lipinski definition) is 0. The zero-order valence-electron chi connectivity index (χ0n) is 19.7. The number of carbonyl (C=O) groups excluding carboxylic acids is 2. The van der Waals surface area contributed by atoms with Gasteiger partial charge in [-0.1, -0.05) is 72.8 Å². The molecule has 0 spiro atoms. The SMILES string of the molecule is O=C1CC(P2(=O)N(c3ccccc3)CCCN2c2ccccc2)C(=O)N1c1cccc2ccccc12. The highest BCUT2D eigenvalue weighted by atomic mass is 31.2. The maximum atomic E-state index is 15.3. The molecule has 2 fully saturated rings. The standard InChI is InChI=1S/C29H26N3O3P/c33-28-21-27(29(34)32(28)26-18-9-12-22-11-7-8-17-25(22)26)36(35)30(23-13-3-1-4-14-23)19-10-20-31(36)24-15-5-2-6-16-24/h1-9,11-18,27H,10,19-21H2. The molecule has 2 aliphatic heterocycles. The summed E-state index contributed by atoms with van der Waals surface area (Å²) in [5.74, 6) is -0.716. The van der Waals surface area contributed by atoms with E-state index in [4.69, 9.17) is 0 Å². The van der Waals surface area contributed by atoms with Crippen molar-refractivity contribution < 1.29 is 14.2 Å². The Balaban J connectivity index is 1.49. The fourth-order valence-corrected chi connectivity index (χ4v) is 8.96. The van der Waals surface area contributed by atoms with Gasteiger partial charge in [-0.05, 0) is 42.1 Å². The average molecular weight is 496 g/mol. The van der Waals surface area contributed by atoms with Crippen LogP contribution in [0.15, 0.2) is 103 Å². The third kappa shape index (κ3) is 3.52. The molecule has 4 aromatic carbocycles. The zero-order chi connectivity index (χ0) is 24.7. The lowest BCUT2D eigenvalue weighted by atomic mass is 10.1. The van der Waals surface area contributed by atoms with Crippen LogP contribution >= 0.6 is 7.44 Å². The summed E-state index contributed by atoms with van der Waals surface area (Å²) in [6, 6.07) is 32.4. The monoisotopic (exact) mass is 495 g/mol. The van der Waals surface area contributed by atoms with Crippen LogP contribution in [-0.4, -0.2) is 30.6 Å². The van der Waals surface area contributed by atoms with Gasteiger partial charge in [-0.2, -0.15) is 0 Å². The molecule has 2 amide bonds. The molecule has 2 saturated heterocycles. The van der Waals surface area contributed by atoms with Gasteiger partial charge < -0.3 is 9.34 Å². The minimum atomic E-state index is -3.58. The van der Waals surface area contributed by atoms with E-state index in [2.05, 4.69) is 0 Å². The predicted octanol–water partition coefficient (Wildman–Crippen LogP) is 6.08. The van der Waals surface area contributed by atoms with Crippen molar-refractivity contribution in [3.8, 4) is 0 Å². The van der Waals surface area contributed by atoms with E-state index in [0.29, 0.717) is 18.8 Å². The minimum Gasteiger partial charge on any atom is -0.306 e. The number of fused-ring (bicyclic) bond motifs is 1. The molecule has 180 valence electrons. The highest BCUT2D eigenvalue weighted by molar-refractivity contribution is 7.69. The van der Waals surface area contributed by atoms with Gasteiger partial charge in [0.1, 0.15) is 5.66 Å². The number of carbonyl (C=O) groups is 2. The van der Waals surface area contributed by atoms with E-state index in [1.54, 1.807) is 6.07 Å². The molecule has 6 rings (SSSR count). The number of para-hydroxylation sites is 2. The topological polar surface area (TPSA) is 60.9 Å². The molecule has 6 nitrogen and oxygen atoms in total. The molecule has 4 aromatic rings. The van der Waals surface area contributed by atoms with E-state index < -0.39 is 19.0 Å². The number of imide groups is 1.